The predicted octanol–water partition coefficient (Wildman–Crippen LogP) is 3.13. The SMILES string of the molecule is CCn1c(N2CCN[C@@H](c3ccc(Cl)cc3)C2)nc(-c2ccncc2)cc1=O. The van der Waals surface area contributed by atoms with Crippen LogP contribution in [0.4, 0.5) is 5.95 Å². The molecule has 0 bridgehead atoms. The minimum atomic E-state index is -0.0408. The van der Waals surface area contributed by atoms with Crippen LogP contribution in [0, 0.1) is 0 Å². The van der Waals surface area contributed by atoms with Crippen LogP contribution in [0.5, 0.6) is 0 Å². The standard InChI is InChI=1S/C21H22ClN5O/c1-2-27-20(28)13-18(16-7-9-23-10-8-16)25-21(27)26-12-11-24-19(14-26)15-3-5-17(22)6-4-15/h3-10,13,19,24H,2,11-12,14H2,1H3/t19-/m1/s1. The zero-order valence-electron chi connectivity index (χ0n) is 15.7. The van der Waals surface area contributed by atoms with Crippen LogP contribution in [-0.4, -0.2) is 34.2 Å². The molecule has 1 aliphatic rings. The van der Waals surface area contributed by atoms with E-state index in [0.717, 1.165) is 30.2 Å². The Morgan fingerprint density at radius 3 is 2.64 bits per heavy atom. The molecule has 3 aromatic rings. The molecule has 1 aromatic carbocycles. The molecule has 0 saturated carbocycles. The third-order valence-corrected chi connectivity index (χ3v) is 5.26. The highest BCUT2D eigenvalue weighted by Gasteiger charge is 2.24. The van der Waals surface area contributed by atoms with Crippen molar-refractivity contribution in [3.8, 4) is 11.3 Å². The van der Waals surface area contributed by atoms with E-state index in [0.29, 0.717) is 18.2 Å². The van der Waals surface area contributed by atoms with Crippen LogP contribution in [-0.2, 0) is 6.54 Å². The fourth-order valence-corrected chi connectivity index (χ4v) is 3.68. The van der Waals surface area contributed by atoms with Gasteiger partial charge in [-0.25, -0.2) is 4.98 Å². The van der Waals surface area contributed by atoms with Crippen LogP contribution in [0.2, 0.25) is 5.02 Å². The molecule has 0 amide bonds. The van der Waals surface area contributed by atoms with Gasteiger partial charge in [0.2, 0.25) is 5.95 Å². The largest absolute Gasteiger partial charge is 0.339 e. The quantitative estimate of drug-likeness (QED) is 0.735. The van der Waals surface area contributed by atoms with E-state index < -0.39 is 0 Å². The maximum absolute atomic E-state index is 12.7. The van der Waals surface area contributed by atoms with Crippen molar-refractivity contribution in [2.75, 3.05) is 24.5 Å². The zero-order valence-corrected chi connectivity index (χ0v) is 16.4. The normalized spacial score (nSPS) is 16.9. The predicted molar refractivity (Wildman–Crippen MR) is 112 cm³/mol. The van der Waals surface area contributed by atoms with Crippen molar-refractivity contribution in [3.05, 3.63) is 75.8 Å². The number of hydrogen-bond donors (Lipinski definition) is 1. The van der Waals surface area contributed by atoms with Gasteiger partial charge < -0.3 is 10.2 Å². The highest BCUT2D eigenvalue weighted by Crippen LogP contribution is 2.24. The van der Waals surface area contributed by atoms with Crippen molar-refractivity contribution in [2.24, 2.45) is 0 Å². The molecule has 1 atom stereocenters. The lowest BCUT2D eigenvalue weighted by Gasteiger charge is -2.35. The van der Waals surface area contributed by atoms with Gasteiger partial charge >= 0.3 is 0 Å². The second-order valence-electron chi connectivity index (χ2n) is 6.76. The van der Waals surface area contributed by atoms with Gasteiger partial charge in [0.15, 0.2) is 0 Å². The molecule has 144 valence electrons. The fourth-order valence-electron chi connectivity index (χ4n) is 3.55. The Kier molecular flexibility index (Phi) is 5.41. The second-order valence-corrected chi connectivity index (χ2v) is 7.20. The number of aromatic nitrogens is 3. The van der Waals surface area contributed by atoms with Gasteiger partial charge in [0, 0.05) is 61.3 Å². The molecule has 1 fully saturated rings. The number of anilines is 1. The molecule has 2 aromatic heterocycles. The summed E-state index contributed by atoms with van der Waals surface area (Å²) in [5, 5.41) is 4.27. The first-order valence-corrected chi connectivity index (χ1v) is 9.79. The molecule has 1 aliphatic heterocycles. The molecular formula is C21H22ClN5O. The third-order valence-electron chi connectivity index (χ3n) is 5.01. The molecule has 0 aliphatic carbocycles. The van der Waals surface area contributed by atoms with Gasteiger partial charge in [-0.15, -0.1) is 0 Å². The maximum Gasteiger partial charge on any atom is 0.255 e. The molecule has 1 N–H and O–H groups in total. The van der Waals surface area contributed by atoms with Crippen LogP contribution in [0.1, 0.15) is 18.5 Å². The lowest BCUT2D eigenvalue weighted by Crippen LogP contribution is -2.48. The van der Waals surface area contributed by atoms with E-state index in [2.05, 4.69) is 15.2 Å². The molecule has 1 saturated heterocycles. The Morgan fingerprint density at radius 1 is 1.18 bits per heavy atom. The van der Waals surface area contributed by atoms with Gasteiger partial charge in [0.05, 0.1) is 5.69 Å². The summed E-state index contributed by atoms with van der Waals surface area (Å²) < 4.78 is 1.73. The molecule has 0 spiro atoms. The lowest BCUT2D eigenvalue weighted by atomic mass is 10.0. The maximum atomic E-state index is 12.7. The van der Waals surface area contributed by atoms with Gasteiger partial charge in [-0.1, -0.05) is 23.7 Å². The number of pyridine rings is 1. The zero-order chi connectivity index (χ0) is 19.5. The van der Waals surface area contributed by atoms with Crippen molar-refractivity contribution >= 4 is 17.5 Å². The average Bonchev–Trinajstić information content (AvgIpc) is 2.74. The van der Waals surface area contributed by atoms with Crippen LogP contribution in [0.25, 0.3) is 11.3 Å². The van der Waals surface area contributed by atoms with Gasteiger partial charge in [0.1, 0.15) is 0 Å². The van der Waals surface area contributed by atoms with Crippen LogP contribution in [0.15, 0.2) is 59.7 Å². The number of nitrogens with zero attached hydrogens (tertiary/aromatic N) is 4. The molecule has 6 nitrogen and oxygen atoms in total. The Hall–Kier alpha value is -2.70. The topological polar surface area (TPSA) is 63.1 Å². The highest BCUT2D eigenvalue weighted by atomic mass is 35.5. The summed E-state index contributed by atoms with van der Waals surface area (Å²) in [4.78, 5) is 23.8. The molecule has 0 radical (unpaired) electrons. The molecule has 7 heteroatoms. The number of rotatable bonds is 4. The van der Waals surface area contributed by atoms with E-state index >= 15 is 0 Å². The monoisotopic (exact) mass is 395 g/mol. The summed E-state index contributed by atoms with van der Waals surface area (Å²) in [6.07, 6.45) is 3.42. The Bertz CT molecular complexity index is 1000. The second kappa shape index (κ2) is 8.12. The third kappa shape index (κ3) is 3.79. The van der Waals surface area contributed by atoms with Crippen molar-refractivity contribution in [3.63, 3.8) is 0 Å². The minimum Gasteiger partial charge on any atom is -0.339 e. The number of piperazine rings is 1. The van der Waals surface area contributed by atoms with E-state index in [1.165, 1.54) is 5.56 Å². The first kappa shape index (κ1) is 18.7. The number of halogens is 1. The molecular weight excluding hydrogens is 374 g/mol. The van der Waals surface area contributed by atoms with Gasteiger partial charge in [-0.2, -0.15) is 0 Å². The highest BCUT2D eigenvalue weighted by molar-refractivity contribution is 6.30. The number of nitrogens with one attached hydrogen (secondary N) is 1. The smallest absolute Gasteiger partial charge is 0.255 e. The van der Waals surface area contributed by atoms with E-state index in [4.69, 9.17) is 16.6 Å². The van der Waals surface area contributed by atoms with E-state index in [1.807, 2.05) is 43.3 Å². The summed E-state index contributed by atoms with van der Waals surface area (Å²) in [5.74, 6) is 0.710. The van der Waals surface area contributed by atoms with Crippen molar-refractivity contribution < 1.29 is 0 Å². The van der Waals surface area contributed by atoms with E-state index in [9.17, 15) is 4.79 Å². The Balaban J connectivity index is 1.69. The van der Waals surface area contributed by atoms with Crippen LogP contribution < -0.4 is 15.8 Å². The summed E-state index contributed by atoms with van der Waals surface area (Å²) in [5.41, 5.74) is 2.69. The fraction of sp³-hybridized carbons (Fsp3) is 0.286. The van der Waals surface area contributed by atoms with Gasteiger partial charge in [0.25, 0.3) is 5.56 Å². The molecule has 28 heavy (non-hydrogen) atoms. The van der Waals surface area contributed by atoms with Crippen LogP contribution in [0.3, 0.4) is 0 Å². The molecule has 0 unspecified atom stereocenters. The number of hydrogen-bond acceptors (Lipinski definition) is 5. The molecule has 3 heterocycles. The van der Waals surface area contributed by atoms with Crippen LogP contribution >= 0.6 is 11.6 Å². The number of benzene rings is 1. The van der Waals surface area contributed by atoms with E-state index in [-0.39, 0.29) is 11.6 Å². The van der Waals surface area contributed by atoms with Gasteiger partial charge in [-0.05, 0) is 36.8 Å². The Morgan fingerprint density at radius 2 is 1.93 bits per heavy atom. The summed E-state index contributed by atoms with van der Waals surface area (Å²) in [6.45, 7) is 4.88. The van der Waals surface area contributed by atoms with Gasteiger partial charge in [-0.3, -0.25) is 14.3 Å². The Labute approximate surface area is 168 Å². The summed E-state index contributed by atoms with van der Waals surface area (Å²) in [7, 11) is 0. The summed E-state index contributed by atoms with van der Waals surface area (Å²) >= 11 is 6.02. The minimum absolute atomic E-state index is 0.0408. The molecule has 4 rings (SSSR count). The first-order valence-electron chi connectivity index (χ1n) is 9.42. The summed E-state index contributed by atoms with van der Waals surface area (Å²) in [6, 6.07) is 13.4. The average molecular weight is 396 g/mol. The first-order chi connectivity index (χ1) is 13.7. The lowest BCUT2D eigenvalue weighted by molar-refractivity contribution is 0.459. The van der Waals surface area contributed by atoms with Crippen molar-refractivity contribution in [2.45, 2.75) is 19.5 Å². The van der Waals surface area contributed by atoms with E-state index in [1.54, 1.807) is 23.0 Å². The van der Waals surface area contributed by atoms with Crippen molar-refractivity contribution in [1.29, 1.82) is 0 Å². The van der Waals surface area contributed by atoms with Crippen molar-refractivity contribution in [1.82, 2.24) is 19.9 Å².